The Balaban J connectivity index is 2.09. The monoisotopic (exact) mass is 260 g/mol. The van der Waals surface area contributed by atoms with E-state index in [1.54, 1.807) is 0 Å². The zero-order chi connectivity index (χ0) is 13.8. The Labute approximate surface area is 113 Å². The van der Waals surface area contributed by atoms with Crippen LogP contribution >= 0.6 is 0 Å². The molecule has 19 heavy (non-hydrogen) atoms. The third-order valence-electron chi connectivity index (χ3n) is 3.28. The highest BCUT2D eigenvalue weighted by Gasteiger charge is 2.18. The van der Waals surface area contributed by atoms with Crippen LogP contribution in [0.2, 0.25) is 0 Å². The highest BCUT2D eigenvalue weighted by molar-refractivity contribution is 5.78. The summed E-state index contributed by atoms with van der Waals surface area (Å²) in [6.45, 7) is 4.98. The molecule has 4 heteroatoms. The summed E-state index contributed by atoms with van der Waals surface area (Å²) in [5.74, 6) is 0.918. The van der Waals surface area contributed by atoms with E-state index in [4.69, 9.17) is 4.42 Å². The molecule has 0 radical (unpaired) electrons. The van der Waals surface area contributed by atoms with Crippen LogP contribution in [0.15, 0.2) is 34.7 Å². The van der Waals surface area contributed by atoms with Gasteiger partial charge in [-0.2, -0.15) is 0 Å². The van der Waals surface area contributed by atoms with Crippen molar-refractivity contribution in [3.63, 3.8) is 0 Å². The van der Waals surface area contributed by atoms with Gasteiger partial charge in [-0.05, 0) is 33.0 Å². The maximum absolute atomic E-state index is 11.6. The first-order chi connectivity index (χ1) is 9.11. The molecule has 0 saturated carbocycles. The number of nitrogens with one attached hydrogen (secondary N) is 1. The number of amides is 1. The smallest absolute Gasteiger partial charge is 0.234 e. The fourth-order valence-corrected chi connectivity index (χ4v) is 2.04. The van der Waals surface area contributed by atoms with Crippen LogP contribution in [-0.4, -0.2) is 30.9 Å². The fraction of sp³-hybridized carbons (Fsp3) is 0.400. The van der Waals surface area contributed by atoms with Gasteiger partial charge in [0.05, 0.1) is 12.6 Å². The second-order valence-corrected chi connectivity index (χ2v) is 4.73. The van der Waals surface area contributed by atoms with Crippen LogP contribution in [-0.2, 0) is 4.79 Å². The molecule has 0 aliphatic heterocycles. The summed E-state index contributed by atoms with van der Waals surface area (Å²) < 4.78 is 5.82. The number of benzene rings is 1. The number of likely N-dealkylation sites (N-methyl/N-ethyl adjacent to an activating group) is 2. The number of hydrogen-bond acceptors (Lipinski definition) is 3. The van der Waals surface area contributed by atoms with Crippen molar-refractivity contribution in [1.82, 2.24) is 10.2 Å². The lowest BCUT2D eigenvalue weighted by Crippen LogP contribution is -2.36. The molecule has 1 atom stereocenters. The number of carbonyl (C=O) groups is 1. The SMILES string of the molecule is CCNC(=O)CN(C)C(C)c1cc2ccccc2o1. The van der Waals surface area contributed by atoms with Crippen LogP contribution in [0.1, 0.15) is 25.6 Å². The van der Waals surface area contributed by atoms with Crippen LogP contribution in [0.25, 0.3) is 11.0 Å². The standard InChI is InChI=1S/C15H20N2O2/c1-4-16-15(18)10-17(3)11(2)14-9-12-7-5-6-8-13(12)19-14/h5-9,11H,4,10H2,1-3H3,(H,16,18). The van der Waals surface area contributed by atoms with E-state index in [9.17, 15) is 4.79 Å². The van der Waals surface area contributed by atoms with Gasteiger partial charge in [0.25, 0.3) is 0 Å². The van der Waals surface area contributed by atoms with Gasteiger partial charge in [-0.3, -0.25) is 9.69 Å². The lowest BCUT2D eigenvalue weighted by atomic mass is 10.2. The van der Waals surface area contributed by atoms with Gasteiger partial charge in [0.1, 0.15) is 11.3 Å². The number of carbonyl (C=O) groups excluding carboxylic acids is 1. The number of rotatable bonds is 5. The molecule has 2 aromatic rings. The largest absolute Gasteiger partial charge is 0.459 e. The van der Waals surface area contributed by atoms with E-state index < -0.39 is 0 Å². The molecule has 1 aromatic carbocycles. The van der Waals surface area contributed by atoms with Crippen molar-refractivity contribution in [2.75, 3.05) is 20.1 Å². The summed E-state index contributed by atoms with van der Waals surface area (Å²) in [4.78, 5) is 13.6. The summed E-state index contributed by atoms with van der Waals surface area (Å²) >= 11 is 0. The predicted octanol–water partition coefficient (Wildman–Crippen LogP) is 2.56. The van der Waals surface area contributed by atoms with Gasteiger partial charge in [-0.15, -0.1) is 0 Å². The normalized spacial score (nSPS) is 12.8. The molecule has 1 unspecified atom stereocenters. The van der Waals surface area contributed by atoms with Gasteiger partial charge in [0, 0.05) is 11.9 Å². The summed E-state index contributed by atoms with van der Waals surface area (Å²) in [6, 6.07) is 10.0. The van der Waals surface area contributed by atoms with E-state index >= 15 is 0 Å². The molecule has 0 aliphatic carbocycles. The molecule has 102 valence electrons. The van der Waals surface area contributed by atoms with Gasteiger partial charge < -0.3 is 9.73 Å². The summed E-state index contributed by atoms with van der Waals surface area (Å²) in [5, 5.41) is 3.89. The molecule has 2 rings (SSSR count). The predicted molar refractivity (Wildman–Crippen MR) is 75.9 cm³/mol. The molecule has 0 bridgehead atoms. The Morgan fingerprint density at radius 2 is 2.16 bits per heavy atom. The second kappa shape index (κ2) is 5.89. The minimum atomic E-state index is 0.0351. The lowest BCUT2D eigenvalue weighted by molar-refractivity contribution is -0.122. The van der Waals surface area contributed by atoms with Crippen LogP contribution in [0.5, 0.6) is 0 Å². The minimum Gasteiger partial charge on any atom is -0.459 e. The van der Waals surface area contributed by atoms with Crippen molar-refractivity contribution < 1.29 is 9.21 Å². The van der Waals surface area contributed by atoms with Crippen LogP contribution in [0.4, 0.5) is 0 Å². The number of fused-ring (bicyclic) bond motifs is 1. The number of nitrogens with zero attached hydrogens (tertiary/aromatic N) is 1. The Morgan fingerprint density at radius 1 is 1.42 bits per heavy atom. The molecular weight excluding hydrogens is 240 g/mol. The van der Waals surface area contributed by atoms with Crippen molar-refractivity contribution >= 4 is 16.9 Å². The number of furan rings is 1. The maximum Gasteiger partial charge on any atom is 0.234 e. The number of hydrogen-bond donors (Lipinski definition) is 1. The Bertz CT molecular complexity index is 529. The topological polar surface area (TPSA) is 45.5 Å². The number of para-hydroxylation sites is 1. The van der Waals surface area contributed by atoms with Gasteiger partial charge in [0.2, 0.25) is 5.91 Å². The fourth-order valence-electron chi connectivity index (χ4n) is 2.04. The molecule has 0 saturated heterocycles. The Hall–Kier alpha value is -1.81. The summed E-state index contributed by atoms with van der Waals surface area (Å²) in [6.07, 6.45) is 0. The highest BCUT2D eigenvalue weighted by atomic mass is 16.3. The first kappa shape index (κ1) is 13.6. The first-order valence-electron chi connectivity index (χ1n) is 6.57. The zero-order valence-electron chi connectivity index (χ0n) is 11.6. The van der Waals surface area contributed by atoms with Gasteiger partial charge in [0.15, 0.2) is 0 Å². The Morgan fingerprint density at radius 3 is 2.84 bits per heavy atom. The summed E-state index contributed by atoms with van der Waals surface area (Å²) in [5.41, 5.74) is 0.885. The molecule has 1 N–H and O–H groups in total. The van der Waals surface area contributed by atoms with E-state index in [0.717, 1.165) is 16.7 Å². The molecule has 1 heterocycles. The van der Waals surface area contributed by atoms with Gasteiger partial charge in [-0.25, -0.2) is 0 Å². The van der Waals surface area contributed by atoms with Crippen molar-refractivity contribution in [3.8, 4) is 0 Å². The molecule has 0 aliphatic rings. The molecule has 1 aromatic heterocycles. The van der Waals surface area contributed by atoms with Crippen molar-refractivity contribution in [2.24, 2.45) is 0 Å². The van der Waals surface area contributed by atoms with E-state index in [0.29, 0.717) is 13.1 Å². The lowest BCUT2D eigenvalue weighted by Gasteiger charge is -2.22. The van der Waals surface area contributed by atoms with E-state index in [1.165, 1.54) is 0 Å². The van der Waals surface area contributed by atoms with E-state index in [2.05, 4.69) is 5.32 Å². The van der Waals surface area contributed by atoms with Crippen LogP contribution < -0.4 is 5.32 Å². The third-order valence-corrected chi connectivity index (χ3v) is 3.28. The average molecular weight is 260 g/mol. The molecule has 1 amide bonds. The second-order valence-electron chi connectivity index (χ2n) is 4.73. The van der Waals surface area contributed by atoms with Crippen molar-refractivity contribution in [2.45, 2.75) is 19.9 Å². The van der Waals surface area contributed by atoms with E-state index in [1.807, 2.05) is 56.1 Å². The van der Waals surface area contributed by atoms with Gasteiger partial charge >= 0.3 is 0 Å². The van der Waals surface area contributed by atoms with Crippen molar-refractivity contribution in [1.29, 1.82) is 0 Å². The quantitative estimate of drug-likeness (QED) is 0.898. The van der Waals surface area contributed by atoms with Crippen LogP contribution in [0, 0.1) is 0 Å². The molecule has 4 nitrogen and oxygen atoms in total. The zero-order valence-corrected chi connectivity index (χ0v) is 11.6. The van der Waals surface area contributed by atoms with E-state index in [-0.39, 0.29) is 11.9 Å². The molecule has 0 fully saturated rings. The van der Waals surface area contributed by atoms with Gasteiger partial charge in [-0.1, -0.05) is 18.2 Å². The molecular formula is C15H20N2O2. The first-order valence-corrected chi connectivity index (χ1v) is 6.57. The summed E-state index contributed by atoms with van der Waals surface area (Å²) in [7, 11) is 1.92. The minimum absolute atomic E-state index is 0.0351. The average Bonchev–Trinajstić information content (AvgIpc) is 2.81. The third kappa shape index (κ3) is 3.15. The maximum atomic E-state index is 11.6. The van der Waals surface area contributed by atoms with Crippen molar-refractivity contribution in [3.05, 3.63) is 36.1 Å². The highest BCUT2D eigenvalue weighted by Crippen LogP contribution is 2.26. The van der Waals surface area contributed by atoms with Crippen LogP contribution in [0.3, 0.4) is 0 Å². The Kier molecular flexibility index (Phi) is 4.22. The molecule has 0 spiro atoms.